The van der Waals surface area contributed by atoms with E-state index in [1.165, 1.54) is 11.1 Å². The Labute approximate surface area is 124 Å². The second-order valence-corrected chi connectivity index (χ2v) is 5.45. The summed E-state index contributed by atoms with van der Waals surface area (Å²) >= 11 is 0. The molecule has 0 amide bonds. The molecule has 3 aromatic rings. The van der Waals surface area contributed by atoms with Crippen LogP contribution in [0.1, 0.15) is 36.7 Å². The zero-order valence-corrected chi connectivity index (χ0v) is 13.0. The highest BCUT2D eigenvalue weighted by atomic mass is 15.4. The van der Waals surface area contributed by atoms with E-state index >= 15 is 0 Å². The number of hydrogen-bond acceptors (Lipinski definition) is 3. The molecule has 0 aliphatic heterocycles. The molecule has 0 spiro atoms. The lowest BCUT2D eigenvalue weighted by Crippen LogP contribution is -2.14. The Kier molecular flexibility index (Phi) is 3.20. The fourth-order valence-electron chi connectivity index (χ4n) is 3.00. The van der Waals surface area contributed by atoms with Crippen molar-refractivity contribution in [2.45, 2.75) is 40.3 Å². The maximum absolute atomic E-state index is 6.19. The fraction of sp³-hybridized carbons (Fsp3) is 0.375. The molecule has 1 atom stereocenters. The Hall–Kier alpha value is -2.30. The fourth-order valence-corrected chi connectivity index (χ4v) is 3.00. The average molecular weight is 283 g/mol. The van der Waals surface area contributed by atoms with Gasteiger partial charge in [0.05, 0.1) is 11.7 Å². The molecule has 110 valence electrons. The van der Waals surface area contributed by atoms with E-state index in [9.17, 15) is 0 Å². The number of benzene rings is 1. The van der Waals surface area contributed by atoms with Crippen molar-refractivity contribution < 1.29 is 0 Å². The topological polar surface area (TPSA) is 61.7 Å². The predicted molar refractivity (Wildman–Crippen MR) is 85.3 cm³/mol. The van der Waals surface area contributed by atoms with Crippen molar-refractivity contribution in [1.82, 2.24) is 19.3 Å². The van der Waals surface area contributed by atoms with Gasteiger partial charge in [-0.25, -0.2) is 9.67 Å². The van der Waals surface area contributed by atoms with E-state index in [4.69, 9.17) is 5.73 Å². The maximum Gasteiger partial charge on any atom is 0.203 e. The first-order valence-corrected chi connectivity index (χ1v) is 7.31. The first-order valence-electron chi connectivity index (χ1n) is 7.31. The van der Waals surface area contributed by atoms with Gasteiger partial charge in [-0.05, 0) is 38.8 Å². The highest BCUT2D eigenvalue weighted by molar-refractivity contribution is 5.78. The molecule has 5 nitrogen and oxygen atoms in total. The van der Waals surface area contributed by atoms with E-state index in [-0.39, 0.29) is 6.04 Å². The smallest absolute Gasteiger partial charge is 0.203 e. The van der Waals surface area contributed by atoms with Gasteiger partial charge < -0.3 is 5.73 Å². The maximum atomic E-state index is 6.19. The monoisotopic (exact) mass is 283 g/mol. The molecule has 0 bridgehead atoms. The van der Waals surface area contributed by atoms with Gasteiger partial charge in [-0.3, -0.25) is 4.57 Å². The van der Waals surface area contributed by atoms with Gasteiger partial charge in [-0.15, -0.1) is 0 Å². The largest absolute Gasteiger partial charge is 0.369 e. The zero-order valence-electron chi connectivity index (χ0n) is 13.0. The van der Waals surface area contributed by atoms with Crippen molar-refractivity contribution in [3.63, 3.8) is 0 Å². The Balaban J connectivity index is 2.25. The van der Waals surface area contributed by atoms with Crippen LogP contribution in [0, 0.1) is 13.8 Å². The molecule has 1 unspecified atom stereocenters. The molecule has 2 aromatic heterocycles. The third-order valence-corrected chi connectivity index (χ3v) is 4.10. The van der Waals surface area contributed by atoms with Crippen molar-refractivity contribution in [2.24, 2.45) is 0 Å². The van der Waals surface area contributed by atoms with Crippen LogP contribution in [0.4, 0.5) is 5.95 Å². The van der Waals surface area contributed by atoms with Crippen molar-refractivity contribution >= 4 is 17.1 Å². The summed E-state index contributed by atoms with van der Waals surface area (Å²) in [6, 6.07) is 8.51. The van der Waals surface area contributed by atoms with Crippen LogP contribution in [0.2, 0.25) is 0 Å². The minimum Gasteiger partial charge on any atom is -0.369 e. The van der Waals surface area contributed by atoms with Gasteiger partial charge in [-0.1, -0.05) is 24.3 Å². The molecule has 0 aliphatic rings. The molecule has 0 fully saturated rings. The summed E-state index contributed by atoms with van der Waals surface area (Å²) in [7, 11) is 0. The van der Waals surface area contributed by atoms with Gasteiger partial charge in [0, 0.05) is 6.54 Å². The van der Waals surface area contributed by atoms with E-state index in [2.05, 4.69) is 59.7 Å². The molecule has 0 radical (unpaired) electrons. The molecule has 21 heavy (non-hydrogen) atoms. The van der Waals surface area contributed by atoms with Crippen LogP contribution in [0.3, 0.4) is 0 Å². The van der Waals surface area contributed by atoms with E-state index in [0.717, 1.165) is 23.4 Å². The minimum atomic E-state index is 0.123. The van der Waals surface area contributed by atoms with E-state index in [1.54, 1.807) is 0 Å². The van der Waals surface area contributed by atoms with Gasteiger partial charge in [0.25, 0.3) is 0 Å². The number of fused-ring (bicyclic) bond motifs is 1. The van der Waals surface area contributed by atoms with Crippen molar-refractivity contribution in [2.75, 3.05) is 5.73 Å². The molecule has 5 heteroatoms. The van der Waals surface area contributed by atoms with Crippen LogP contribution >= 0.6 is 0 Å². The van der Waals surface area contributed by atoms with Crippen LogP contribution in [-0.4, -0.2) is 19.3 Å². The Morgan fingerprint density at radius 2 is 1.95 bits per heavy atom. The van der Waals surface area contributed by atoms with Gasteiger partial charge in [0.1, 0.15) is 5.52 Å². The molecule has 3 rings (SSSR count). The number of nitrogen functional groups attached to an aromatic ring is 1. The highest BCUT2D eigenvalue weighted by Crippen LogP contribution is 2.30. The average Bonchev–Trinajstić information content (AvgIpc) is 2.95. The van der Waals surface area contributed by atoms with E-state index < -0.39 is 0 Å². The molecule has 2 N–H and O–H groups in total. The summed E-state index contributed by atoms with van der Waals surface area (Å²) in [4.78, 5) is 4.51. The first-order chi connectivity index (χ1) is 10.0. The molecule has 2 heterocycles. The SMILES string of the molecule is CCn1nc(C)c2nc(N)n(C(C)c3ccccc3C)c21. The summed E-state index contributed by atoms with van der Waals surface area (Å²) in [5.41, 5.74) is 11.5. The third kappa shape index (κ3) is 2.00. The van der Waals surface area contributed by atoms with Crippen LogP contribution in [0.5, 0.6) is 0 Å². The molecule has 0 saturated carbocycles. The summed E-state index contributed by atoms with van der Waals surface area (Å²) in [5, 5.41) is 4.55. The lowest BCUT2D eigenvalue weighted by Gasteiger charge is -2.18. The van der Waals surface area contributed by atoms with Crippen molar-refractivity contribution in [3.8, 4) is 0 Å². The van der Waals surface area contributed by atoms with Crippen LogP contribution < -0.4 is 5.73 Å². The van der Waals surface area contributed by atoms with Crippen LogP contribution in [0.15, 0.2) is 24.3 Å². The Bertz CT molecular complexity index is 796. The predicted octanol–water partition coefficient (Wildman–Crippen LogP) is 3.06. The summed E-state index contributed by atoms with van der Waals surface area (Å²) < 4.78 is 4.06. The Morgan fingerprint density at radius 1 is 1.24 bits per heavy atom. The number of hydrogen-bond donors (Lipinski definition) is 1. The van der Waals surface area contributed by atoms with Gasteiger partial charge >= 0.3 is 0 Å². The lowest BCUT2D eigenvalue weighted by molar-refractivity contribution is 0.605. The highest BCUT2D eigenvalue weighted by Gasteiger charge is 2.21. The zero-order chi connectivity index (χ0) is 15.1. The minimum absolute atomic E-state index is 0.123. The number of aromatic nitrogens is 4. The number of anilines is 1. The number of imidazole rings is 1. The number of nitrogens with zero attached hydrogens (tertiary/aromatic N) is 4. The van der Waals surface area contributed by atoms with Crippen molar-refractivity contribution in [3.05, 3.63) is 41.1 Å². The van der Waals surface area contributed by atoms with Crippen LogP contribution in [-0.2, 0) is 6.54 Å². The van der Waals surface area contributed by atoms with Crippen LogP contribution in [0.25, 0.3) is 11.2 Å². The van der Waals surface area contributed by atoms with Gasteiger partial charge in [-0.2, -0.15) is 5.10 Å². The van der Waals surface area contributed by atoms with E-state index in [1.807, 2.05) is 11.6 Å². The standard InChI is InChI=1S/C16H21N5/c1-5-20-15-14(11(3)19-20)18-16(17)21(15)12(4)13-9-7-6-8-10(13)2/h6-9,12H,5H2,1-4H3,(H2,17,18). The normalized spacial score (nSPS) is 13.0. The van der Waals surface area contributed by atoms with E-state index in [0.29, 0.717) is 5.95 Å². The van der Waals surface area contributed by atoms with Gasteiger partial charge in [0.15, 0.2) is 5.65 Å². The number of nitrogens with two attached hydrogens (primary N) is 1. The first kappa shape index (κ1) is 13.7. The van der Waals surface area contributed by atoms with Crippen molar-refractivity contribution in [1.29, 1.82) is 0 Å². The second kappa shape index (κ2) is 4.91. The Morgan fingerprint density at radius 3 is 2.62 bits per heavy atom. The summed E-state index contributed by atoms with van der Waals surface area (Å²) in [5.74, 6) is 0.545. The second-order valence-electron chi connectivity index (χ2n) is 5.45. The summed E-state index contributed by atoms with van der Waals surface area (Å²) in [6.07, 6.45) is 0. The lowest BCUT2D eigenvalue weighted by atomic mass is 10.0. The summed E-state index contributed by atoms with van der Waals surface area (Å²) in [6.45, 7) is 9.14. The third-order valence-electron chi connectivity index (χ3n) is 4.10. The molecular weight excluding hydrogens is 262 g/mol. The number of rotatable bonds is 3. The number of aryl methyl sites for hydroxylation is 3. The molecule has 0 saturated heterocycles. The molecule has 0 aliphatic carbocycles. The van der Waals surface area contributed by atoms with Gasteiger partial charge in [0.2, 0.25) is 5.95 Å². The molecule has 1 aromatic carbocycles. The molecular formula is C16H21N5. The quantitative estimate of drug-likeness (QED) is 0.803.